The molecule has 0 fully saturated rings. The van der Waals surface area contributed by atoms with Crippen LogP contribution in [0.3, 0.4) is 0 Å². The van der Waals surface area contributed by atoms with E-state index in [1.165, 1.54) is 16.1 Å². The zero-order chi connectivity index (χ0) is 19.4. The Hall–Kier alpha value is -2.39. The minimum absolute atomic E-state index is 0.246. The quantitative estimate of drug-likeness (QED) is 0.644. The van der Waals surface area contributed by atoms with Crippen molar-refractivity contribution in [3.8, 4) is 11.4 Å². The molecule has 142 valence electrons. The molecule has 8 nitrogen and oxygen atoms in total. The summed E-state index contributed by atoms with van der Waals surface area (Å²) in [5.41, 5.74) is 0.781. The molecule has 1 amide bonds. The number of aromatic nitrogens is 6. The van der Waals surface area contributed by atoms with Gasteiger partial charge in [-0.2, -0.15) is 4.80 Å². The minimum atomic E-state index is -0.587. The highest BCUT2D eigenvalue weighted by atomic mass is 35.5. The highest BCUT2D eigenvalue weighted by Crippen LogP contribution is 2.21. The van der Waals surface area contributed by atoms with Crippen molar-refractivity contribution in [1.82, 2.24) is 30.4 Å². The van der Waals surface area contributed by atoms with E-state index in [0.29, 0.717) is 28.3 Å². The Bertz CT molecular complexity index is 906. The van der Waals surface area contributed by atoms with Crippen LogP contribution in [0.15, 0.2) is 24.3 Å². The van der Waals surface area contributed by atoms with Gasteiger partial charge in [0, 0.05) is 17.0 Å². The van der Waals surface area contributed by atoms with Crippen molar-refractivity contribution < 1.29 is 4.79 Å². The van der Waals surface area contributed by atoms with Gasteiger partial charge < -0.3 is 0 Å². The first-order chi connectivity index (χ1) is 13.0. The van der Waals surface area contributed by atoms with Gasteiger partial charge in [-0.3, -0.25) is 10.1 Å². The number of halogens is 1. The molecule has 2 aromatic heterocycles. The number of benzene rings is 1. The van der Waals surface area contributed by atoms with Crippen LogP contribution in [0.2, 0.25) is 5.02 Å². The van der Waals surface area contributed by atoms with E-state index in [9.17, 15) is 4.79 Å². The summed E-state index contributed by atoms with van der Waals surface area (Å²) < 4.78 is 0. The number of carbonyl (C=O) groups is 1. The molecule has 0 saturated carbocycles. The van der Waals surface area contributed by atoms with Gasteiger partial charge in [0.2, 0.25) is 11.0 Å². The maximum absolute atomic E-state index is 12.6. The average Bonchev–Trinajstić information content (AvgIpc) is 3.26. The van der Waals surface area contributed by atoms with Crippen LogP contribution in [-0.4, -0.2) is 36.3 Å². The molecular weight excluding hydrogens is 386 g/mol. The number of amides is 1. The molecule has 0 aliphatic heterocycles. The largest absolute Gasteiger partial charge is 0.299 e. The fraction of sp³-hybridized carbons (Fsp3) is 0.412. The highest BCUT2D eigenvalue weighted by Gasteiger charge is 2.23. The fourth-order valence-electron chi connectivity index (χ4n) is 2.45. The topological polar surface area (TPSA) is 98.5 Å². The number of carbonyl (C=O) groups excluding carboxylic acids is 1. The van der Waals surface area contributed by atoms with Crippen molar-refractivity contribution >= 4 is 34.0 Å². The summed E-state index contributed by atoms with van der Waals surface area (Å²) in [6.45, 7) is 6.11. The van der Waals surface area contributed by atoms with E-state index in [4.69, 9.17) is 11.6 Å². The van der Waals surface area contributed by atoms with Gasteiger partial charge in [0.25, 0.3) is 5.91 Å². The lowest BCUT2D eigenvalue weighted by Crippen LogP contribution is -2.27. The van der Waals surface area contributed by atoms with Gasteiger partial charge in [-0.25, -0.2) is 0 Å². The Balaban J connectivity index is 1.71. The van der Waals surface area contributed by atoms with E-state index in [1.807, 2.05) is 19.1 Å². The standard InChI is InChI=1S/C17H20ClN7OS/c1-4-13(16(26)19-17-22-20-14(27-17)9-10(2)3)25-23-15(21-24-25)11-5-7-12(18)8-6-11/h5-8,10,13H,4,9H2,1-3H3,(H,19,22,26). The third kappa shape index (κ3) is 4.86. The summed E-state index contributed by atoms with van der Waals surface area (Å²) in [7, 11) is 0. The number of rotatable bonds is 7. The number of hydrogen-bond acceptors (Lipinski definition) is 7. The fourth-order valence-corrected chi connectivity index (χ4v) is 3.53. The predicted octanol–water partition coefficient (Wildman–Crippen LogP) is 3.63. The van der Waals surface area contributed by atoms with E-state index < -0.39 is 6.04 Å². The monoisotopic (exact) mass is 405 g/mol. The van der Waals surface area contributed by atoms with E-state index in [2.05, 4.69) is 44.8 Å². The molecule has 0 bridgehead atoms. The zero-order valence-electron chi connectivity index (χ0n) is 15.3. The molecular formula is C17H20ClN7OS. The second kappa shape index (κ2) is 8.53. The number of nitrogens with zero attached hydrogens (tertiary/aromatic N) is 6. The molecule has 0 aliphatic carbocycles. The van der Waals surface area contributed by atoms with Gasteiger partial charge in [0.05, 0.1) is 0 Å². The van der Waals surface area contributed by atoms with E-state index in [-0.39, 0.29) is 5.91 Å². The number of tetrazole rings is 1. The second-order valence-electron chi connectivity index (χ2n) is 6.45. The lowest BCUT2D eigenvalue weighted by Gasteiger charge is -2.11. The van der Waals surface area contributed by atoms with Crippen molar-refractivity contribution in [2.75, 3.05) is 5.32 Å². The molecule has 10 heteroatoms. The smallest absolute Gasteiger partial charge is 0.253 e. The van der Waals surface area contributed by atoms with Crippen LogP contribution < -0.4 is 5.32 Å². The summed E-state index contributed by atoms with van der Waals surface area (Å²) in [5, 5.41) is 25.4. The minimum Gasteiger partial charge on any atom is -0.299 e. The van der Waals surface area contributed by atoms with Gasteiger partial charge in [-0.15, -0.1) is 20.4 Å². The molecule has 27 heavy (non-hydrogen) atoms. The molecule has 0 saturated heterocycles. The summed E-state index contributed by atoms with van der Waals surface area (Å²) in [6.07, 6.45) is 1.35. The normalized spacial score (nSPS) is 12.3. The van der Waals surface area contributed by atoms with Gasteiger partial charge in [-0.05, 0) is 41.8 Å². The van der Waals surface area contributed by atoms with E-state index in [1.54, 1.807) is 12.1 Å². The first-order valence-electron chi connectivity index (χ1n) is 8.65. The molecule has 3 rings (SSSR count). The molecule has 2 heterocycles. The zero-order valence-corrected chi connectivity index (χ0v) is 16.8. The van der Waals surface area contributed by atoms with Crippen LogP contribution in [0, 0.1) is 5.92 Å². The van der Waals surface area contributed by atoms with E-state index >= 15 is 0 Å². The van der Waals surface area contributed by atoms with Crippen molar-refractivity contribution in [3.05, 3.63) is 34.3 Å². The van der Waals surface area contributed by atoms with Crippen molar-refractivity contribution in [3.63, 3.8) is 0 Å². The van der Waals surface area contributed by atoms with Crippen molar-refractivity contribution in [2.45, 2.75) is 39.7 Å². The van der Waals surface area contributed by atoms with E-state index in [0.717, 1.165) is 17.0 Å². The Morgan fingerprint density at radius 1 is 1.22 bits per heavy atom. The van der Waals surface area contributed by atoms with Crippen molar-refractivity contribution in [1.29, 1.82) is 0 Å². The predicted molar refractivity (Wildman–Crippen MR) is 105 cm³/mol. The molecule has 3 aromatic rings. The van der Waals surface area contributed by atoms with Crippen LogP contribution >= 0.6 is 22.9 Å². The summed E-state index contributed by atoms with van der Waals surface area (Å²) in [4.78, 5) is 14.0. The van der Waals surface area contributed by atoms with Gasteiger partial charge >= 0.3 is 0 Å². The van der Waals surface area contributed by atoms with Crippen LogP contribution in [-0.2, 0) is 11.2 Å². The van der Waals surface area contributed by atoms with Crippen molar-refractivity contribution in [2.24, 2.45) is 5.92 Å². The number of anilines is 1. The summed E-state index contributed by atoms with van der Waals surface area (Å²) in [6, 6.07) is 6.54. The summed E-state index contributed by atoms with van der Waals surface area (Å²) >= 11 is 7.28. The maximum Gasteiger partial charge on any atom is 0.253 e. The third-order valence-electron chi connectivity index (χ3n) is 3.78. The van der Waals surface area contributed by atoms with Crippen LogP contribution in [0.25, 0.3) is 11.4 Å². The Labute approximate surface area is 166 Å². The Morgan fingerprint density at radius 3 is 2.63 bits per heavy atom. The first-order valence-corrected chi connectivity index (χ1v) is 9.84. The van der Waals surface area contributed by atoms with Gasteiger partial charge in [-0.1, -0.05) is 43.7 Å². The van der Waals surface area contributed by atoms with Crippen LogP contribution in [0.1, 0.15) is 38.2 Å². The maximum atomic E-state index is 12.6. The third-order valence-corrected chi connectivity index (χ3v) is 4.89. The second-order valence-corrected chi connectivity index (χ2v) is 7.95. The van der Waals surface area contributed by atoms with Gasteiger partial charge in [0.15, 0.2) is 6.04 Å². The lowest BCUT2D eigenvalue weighted by molar-refractivity contribution is -0.120. The number of nitrogens with one attached hydrogen (secondary N) is 1. The van der Waals surface area contributed by atoms with Crippen LogP contribution in [0.5, 0.6) is 0 Å². The molecule has 1 aromatic carbocycles. The van der Waals surface area contributed by atoms with Gasteiger partial charge in [0.1, 0.15) is 5.01 Å². The van der Waals surface area contributed by atoms with Crippen LogP contribution in [0.4, 0.5) is 5.13 Å². The molecule has 1 atom stereocenters. The molecule has 1 N–H and O–H groups in total. The summed E-state index contributed by atoms with van der Waals surface area (Å²) in [5.74, 6) is 0.674. The number of hydrogen-bond donors (Lipinski definition) is 1. The SMILES string of the molecule is CCC(C(=O)Nc1nnc(CC(C)C)s1)n1nnc(-c2ccc(Cl)cc2)n1. The first kappa shape index (κ1) is 19.4. The average molecular weight is 406 g/mol. The highest BCUT2D eigenvalue weighted by molar-refractivity contribution is 7.15. The molecule has 0 aliphatic rings. The molecule has 1 unspecified atom stereocenters. The molecule has 0 radical (unpaired) electrons. The molecule has 0 spiro atoms. The Kier molecular flexibility index (Phi) is 6.12. The lowest BCUT2D eigenvalue weighted by atomic mass is 10.1. The Morgan fingerprint density at radius 2 is 1.96 bits per heavy atom.